The number of carboxylic acids is 1. The quantitative estimate of drug-likeness (QED) is 0.809. The topological polar surface area (TPSA) is 72.2 Å². The molecule has 0 saturated heterocycles. The van der Waals surface area contributed by atoms with E-state index in [1.54, 1.807) is 6.92 Å². The standard InChI is InChI=1S/C10H11ClN2O3/c1-2-7(9(14)15)3-4-13-6-8(11)5-12-10(13)16/h3,5-6H,2,4H2,1H3,(H,14,15)/b7-3-. The van der Waals surface area contributed by atoms with Crippen molar-refractivity contribution in [3.05, 3.63) is 39.5 Å². The zero-order valence-electron chi connectivity index (χ0n) is 8.68. The van der Waals surface area contributed by atoms with Crippen molar-refractivity contribution in [1.29, 1.82) is 0 Å². The maximum atomic E-state index is 11.3. The molecule has 1 N–H and O–H groups in total. The van der Waals surface area contributed by atoms with Crippen molar-refractivity contribution in [2.75, 3.05) is 0 Å². The molecule has 1 aromatic heterocycles. The fourth-order valence-corrected chi connectivity index (χ4v) is 1.32. The van der Waals surface area contributed by atoms with Crippen molar-refractivity contribution in [1.82, 2.24) is 9.55 Å². The Bertz CT molecular complexity index is 479. The zero-order valence-corrected chi connectivity index (χ0v) is 9.44. The molecular formula is C10H11ClN2O3. The first kappa shape index (κ1) is 12.4. The minimum atomic E-state index is -0.981. The molecule has 0 fully saturated rings. The highest BCUT2D eigenvalue weighted by Gasteiger charge is 2.04. The van der Waals surface area contributed by atoms with E-state index in [1.165, 1.54) is 23.0 Å². The van der Waals surface area contributed by atoms with Crippen LogP contribution in [0, 0.1) is 0 Å². The van der Waals surface area contributed by atoms with Crippen molar-refractivity contribution in [3.8, 4) is 0 Å². The van der Waals surface area contributed by atoms with Crippen molar-refractivity contribution in [2.45, 2.75) is 19.9 Å². The van der Waals surface area contributed by atoms with Gasteiger partial charge in [0.05, 0.1) is 11.2 Å². The van der Waals surface area contributed by atoms with Crippen LogP contribution in [0.3, 0.4) is 0 Å². The number of halogens is 1. The van der Waals surface area contributed by atoms with Gasteiger partial charge in [-0.15, -0.1) is 0 Å². The van der Waals surface area contributed by atoms with Crippen molar-refractivity contribution < 1.29 is 9.90 Å². The van der Waals surface area contributed by atoms with Gasteiger partial charge in [-0.25, -0.2) is 14.6 Å². The molecule has 1 heterocycles. The second-order valence-corrected chi connectivity index (χ2v) is 3.53. The Morgan fingerprint density at radius 1 is 1.69 bits per heavy atom. The van der Waals surface area contributed by atoms with E-state index in [4.69, 9.17) is 16.7 Å². The maximum absolute atomic E-state index is 11.3. The molecule has 0 amide bonds. The highest BCUT2D eigenvalue weighted by molar-refractivity contribution is 6.30. The van der Waals surface area contributed by atoms with Gasteiger partial charge in [0.1, 0.15) is 0 Å². The second-order valence-electron chi connectivity index (χ2n) is 3.10. The summed E-state index contributed by atoms with van der Waals surface area (Å²) in [6.45, 7) is 1.89. The minimum Gasteiger partial charge on any atom is -0.478 e. The van der Waals surface area contributed by atoms with Crippen LogP contribution in [-0.2, 0) is 11.3 Å². The summed E-state index contributed by atoms with van der Waals surface area (Å²) >= 11 is 5.67. The van der Waals surface area contributed by atoms with E-state index in [0.29, 0.717) is 11.4 Å². The molecule has 0 aromatic carbocycles. The third kappa shape index (κ3) is 3.20. The predicted octanol–water partition coefficient (Wildman–Crippen LogP) is 1.32. The molecule has 1 rings (SSSR count). The number of allylic oxidation sites excluding steroid dienone is 1. The summed E-state index contributed by atoms with van der Waals surface area (Å²) in [7, 11) is 0. The number of carbonyl (C=O) groups is 1. The normalized spacial score (nSPS) is 11.5. The largest absolute Gasteiger partial charge is 0.478 e. The van der Waals surface area contributed by atoms with Crippen molar-refractivity contribution >= 4 is 17.6 Å². The van der Waals surface area contributed by atoms with Gasteiger partial charge in [0.15, 0.2) is 0 Å². The van der Waals surface area contributed by atoms with E-state index in [0.717, 1.165) is 0 Å². The molecule has 0 spiro atoms. The molecule has 0 radical (unpaired) electrons. The first-order chi connectivity index (χ1) is 7.54. The molecule has 0 aliphatic rings. The lowest BCUT2D eigenvalue weighted by molar-refractivity contribution is -0.132. The smallest absolute Gasteiger partial charge is 0.347 e. The Hall–Kier alpha value is -1.62. The summed E-state index contributed by atoms with van der Waals surface area (Å²) in [5.74, 6) is -0.981. The maximum Gasteiger partial charge on any atom is 0.347 e. The lowest BCUT2D eigenvalue weighted by atomic mass is 10.2. The molecule has 0 bridgehead atoms. The number of hydrogen-bond acceptors (Lipinski definition) is 3. The molecule has 6 heteroatoms. The lowest BCUT2D eigenvalue weighted by Gasteiger charge is -2.02. The summed E-state index contributed by atoms with van der Waals surface area (Å²) in [6.07, 6.45) is 4.55. The first-order valence-electron chi connectivity index (χ1n) is 4.69. The second kappa shape index (κ2) is 5.46. The van der Waals surface area contributed by atoms with E-state index in [-0.39, 0.29) is 12.1 Å². The van der Waals surface area contributed by atoms with Crippen molar-refractivity contribution in [2.24, 2.45) is 0 Å². The van der Waals surface area contributed by atoms with Gasteiger partial charge in [0.25, 0.3) is 0 Å². The van der Waals surface area contributed by atoms with E-state index in [9.17, 15) is 9.59 Å². The third-order valence-electron chi connectivity index (χ3n) is 2.01. The number of aliphatic carboxylic acids is 1. The van der Waals surface area contributed by atoms with Crippen LogP contribution in [0.15, 0.2) is 28.8 Å². The number of rotatable bonds is 4. The van der Waals surface area contributed by atoms with Gasteiger partial charge in [0, 0.05) is 18.3 Å². The molecule has 0 unspecified atom stereocenters. The van der Waals surface area contributed by atoms with Crippen LogP contribution in [0.4, 0.5) is 0 Å². The highest BCUT2D eigenvalue weighted by atomic mass is 35.5. The van der Waals surface area contributed by atoms with Gasteiger partial charge in [-0.3, -0.25) is 4.57 Å². The van der Waals surface area contributed by atoms with E-state index in [2.05, 4.69) is 4.98 Å². The average Bonchev–Trinajstić information content (AvgIpc) is 2.23. The number of hydrogen-bond donors (Lipinski definition) is 1. The Morgan fingerprint density at radius 3 is 2.94 bits per heavy atom. The van der Waals surface area contributed by atoms with Gasteiger partial charge in [-0.2, -0.15) is 0 Å². The Kier molecular flexibility index (Phi) is 4.25. The van der Waals surface area contributed by atoms with E-state index in [1.807, 2.05) is 0 Å². The first-order valence-corrected chi connectivity index (χ1v) is 5.06. The molecule has 0 aliphatic carbocycles. The predicted molar refractivity (Wildman–Crippen MR) is 59.5 cm³/mol. The third-order valence-corrected chi connectivity index (χ3v) is 2.21. The SMILES string of the molecule is CC/C(=C/Cn1cc(Cl)cnc1=O)C(=O)O. The summed E-state index contributed by atoms with van der Waals surface area (Å²) in [4.78, 5) is 25.5. The lowest BCUT2D eigenvalue weighted by Crippen LogP contribution is -2.21. The molecule has 0 aliphatic heterocycles. The van der Waals surface area contributed by atoms with Crippen LogP contribution in [0.25, 0.3) is 0 Å². The summed E-state index contributed by atoms with van der Waals surface area (Å²) < 4.78 is 1.25. The van der Waals surface area contributed by atoms with Crippen LogP contribution in [0.1, 0.15) is 13.3 Å². The van der Waals surface area contributed by atoms with Crippen LogP contribution >= 0.6 is 11.6 Å². The van der Waals surface area contributed by atoms with Crippen LogP contribution in [0.2, 0.25) is 5.02 Å². The van der Waals surface area contributed by atoms with Gasteiger partial charge in [-0.1, -0.05) is 24.6 Å². The molecule has 0 saturated carbocycles. The fraction of sp³-hybridized carbons (Fsp3) is 0.300. The summed E-state index contributed by atoms with van der Waals surface area (Å²) in [5, 5.41) is 9.11. The molecule has 0 atom stereocenters. The minimum absolute atomic E-state index is 0.155. The molecule has 16 heavy (non-hydrogen) atoms. The van der Waals surface area contributed by atoms with Crippen LogP contribution < -0.4 is 5.69 Å². The van der Waals surface area contributed by atoms with Crippen LogP contribution in [0.5, 0.6) is 0 Å². The molecule has 86 valence electrons. The number of nitrogens with zero attached hydrogens (tertiary/aromatic N) is 2. The molecule has 5 nitrogen and oxygen atoms in total. The van der Waals surface area contributed by atoms with Gasteiger partial charge in [-0.05, 0) is 6.42 Å². The Morgan fingerprint density at radius 2 is 2.38 bits per heavy atom. The van der Waals surface area contributed by atoms with Gasteiger partial charge < -0.3 is 5.11 Å². The molecular weight excluding hydrogens is 232 g/mol. The van der Waals surface area contributed by atoms with Gasteiger partial charge >= 0.3 is 11.7 Å². The number of carboxylic acid groups (broad SMARTS) is 1. The van der Waals surface area contributed by atoms with Crippen LogP contribution in [-0.4, -0.2) is 20.6 Å². The monoisotopic (exact) mass is 242 g/mol. The van der Waals surface area contributed by atoms with Gasteiger partial charge in [0.2, 0.25) is 0 Å². The Labute approximate surface area is 97.0 Å². The van der Waals surface area contributed by atoms with Crippen molar-refractivity contribution in [3.63, 3.8) is 0 Å². The molecule has 1 aromatic rings. The van der Waals surface area contributed by atoms with E-state index >= 15 is 0 Å². The zero-order chi connectivity index (χ0) is 12.1. The Balaban J connectivity index is 2.93. The highest BCUT2D eigenvalue weighted by Crippen LogP contribution is 2.04. The average molecular weight is 243 g/mol. The number of aromatic nitrogens is 2. The summed E-state index contributed by atoms with van der Waals surface area (Å²) in [5.41, 5.74) is -0.201. The fourth-order valence-electron chi connectivity index (χ4n) is 1.15. The summed E-state index contributed by atoms with van der Waals surface area (Å²) in [6, 6.07) is 0. The van der Waals surface area contributed by atoms with E-state index < -0.39 is 11.7 Å².